The van der Waals surface area contributed by atoms with Crippen LogP contribution in [0.2, 0.25) is 0 Å². The molecule has 0 aliphatic rings. The minimum Gasteiger partial charge on any atom is -0.464 e. The molecule has 2 aromatic rings. The van der Waals surface area contributed by atoms with Crippen LogP contribution >= 0.6 is 0 Å². The third-order valence-electron chi connectivity index (χ3n) is 3.15. The number of carbonyl (C=O) groups excluding carboxylic acids is 3. The van der Waals surface area contributed by atoms with Crippen molar-refractivity contribution in [2.45, 2.75) is 19.9 Å². The average Bonchev–Trinajstić information content (AvgIpc) is 3.10. The van der Waals surface area contributed by atoms with Gasteiger partial charge in [0.2, 0.25) is 0 Å². The molecular formula is C17H18N2O5. The Labute approximate surface area is 139 Å². The molecule has 0 aliphatic heterocycles. The van der Waals surface area contributed by atoms with Crippen LogP contribution in [-0.4, -0.2) is 30.4 Å². The summed E-state index contributed by atoms with van der Waals surface area (Å²) in [6, 6.07) is 8.78. The van der Waals surface area contributed by atoms with E-state index in [1.165, 1.54) is 19.3 Å². The molecule has 1 aromatic carbocycles. The second kappa shape index (κ2) is 7.96. The maximum atomic E-state index is 12.4. The van der Waals surface area contributed by atoms with Crippen molar-refractivity contribution < 1.29 is 23.5 Å². The third-order valence-corrected chi connectivity index (χ3v) is 3.15. The number of hydrogen-bond acceptors (Lipinski definition) is 5. The number of esters is 1. The van der Waals surface area contributed by atoms with Crippen molar-refractivity contribution >= 4 is 23.5 Å². The van der Waals surface area contributed by atoms with E-state index in [-0.39, 0.29) is 17.9 Å². The Morgan fingerprint density at radius 1 is 1.12 bits per heavy atom. The summed E-state index contributed by atoms with van der Waals surface area (Å²) in [5.74, 6) is -1.36. The first-order valence-electron chi connectivity index (χ1n) is 7.44. The smallest absolute Gasteiger partial charge is 0.328 e. The molecule has 0 bridgehead atoms. The summed E-state index contributed by atoms with van der Waals surface area (Å²) >= 11 is 0. The van der Waals surface area contributed by atoms with E-state index < -0.39 is 23.8 Å². The highest BCUT2D eigenvalue weighted by atomic mass is 16.5. The van der Waals surface area contributed by atoms with Gasteiger partial charge in [-0.1, -0.05) is 12.1 Å². The van der Waals surface area contributed by atoms with Gasteiger partial charge in [-0.2, -0.15) is 0 Å². The summed E-state index contributed by atoms with van der Waals surface area (Å²) in [7, 11) is 0. The molecule has 0 saturated carbocycles. The maximum absolute atomic E-state index is 12.4. The Morgan fingerprint density at radius 2 is 1.88 bits per heavy atom. The molecular weight excluding hydrogens is 312 g/mol. The number of hydrogen-bond donors (Lipinski definition) is 2. The molecule has 24 heavy (non-hydrogen) atoms. The van der Waals surface area contributed by atoms with Crippen LogP contribution in [0.25, 0.3) is 0 Å². The van der Waals surface area contributed by atoms with Crippen molar-refractivity contribution in [2.24, 2.45) is 0 Å². The molecule has 0 fully saturated rings. The van der Waals surface area contributed by atoms with E-state index in [1.54, 1.807) is 37.3 Å². The van der Waals surface area contributed by atoms with E-state index in [0.717, 1.165) is 0 Å². The van der Waals surface area contributed by atoms with Gasteiger partial charge in [-0.15, -0.1) is 0 Å². The highest BCUT2D eigenvalue weighted by Crippen LogP contribution is 2.16. The fourth-order valence-corrected chi connectivity index (χ4v) is 1.98. The highest BCUT2D eigenvalue weighted by molar-refractivity contribution is 6.08. The minimum atomic E-state index is -0.800. The van der Waals surface area contributed by atoms with Crippen molar-refractivity contribution in [3.63, 3.8) is 0 Å². The summed E-state index contributed by atoms with van der Waals surface area (Å²) in [5, 5.41) is 5.15. The molecule has 7 nitrogen and oxygen atoms in total. The molecule has 2 amide bonds. The summed E-state index contributed by atoms with van der Waals surface area (Å²) in [5.41, 5.74) is 0.543. The van der Waals surface area contributed by atoms with E-state index in [1.807, 2.05) is 0 Å². The van der Waals surface area contributed by atoms with Crippen molar-refractivity contribution in [3.05, 3.63) is 54.0 Å². The van der Waals surface area contributed by atoms with Gasteiger partial charge in [0.25, 0.3) is 11.8 Å². The molecule has 1 heterocycles. The molecule has 0 saturated heterocycles. The molecule has 0 unspecified atom stereocenters. The number of amides is 2. The monoisotopic (exact) mass is 330 g/mol. The lowest BCUT2D eigenvalue weighted by Gasteiger charge is -2.14. The van der Waals surface area contributed by atoms with Gasteiger partial charge in [0, 0.05) is 0 Å². The van der Waals surface area contributed by atoms with Crippen LogP contribution in [-0.2, 0) is 9.53 Å². The maximum Gasteiger partial charge on any atom is 0.328 e. The van der Waals surface area contributed by atoms with Gasteiger partial charge in [0.1, 0.15) is 6.04 Å². The first-order valence-corrected chi connectivity index (χ1v) is 7.44. The zero-order chi connectivity index (χ0) is 17.5. The van der Waals surface area contributed by atoms with Crippen molar-refractivity contribution in [2.75, 3.05) is 11.9 Å². The lowest BCUT2D eigenvalue weighted by molar-refractivity contribution is -0.144. The zero-order valence-corrected chi connectivity index (χ0v) is 13.4. The second-order valence-corrected chi connectivity index (χ2v) is 4.92. The molecule has 0 spiro atoms. The normalized spacial score (nSPS) is 11.4. The van der Waals surface area contributed by atoms with Crippen molar-refractivity contribution in [1.29, 1.82) is 0 Å². The number of anilines is 1. The number of ether oxygens (including phenoxy) is 1. The zero-order valence-electron chi connectivity index (χ0n) is 13.4. The Morgan fingerprint density at radius 3 is 2.54 bits per heavy atom. The number of benzene rings is 1. The van der Waals surface area contributed by atoms with Crippen LogP contribution in [0.3, 0.4) is 0 Å². The molecule has 126 valence electrons. The van der Waals surface area contributed by atoms with Crippen LogP contribution in [0.5, 0.6) is 0 Å². The third kappa shape index (κ3) is 4.22. The number of nitrogens with one attached hydrogen (secondary N) is 2. The lowest BCUT2D eigenvalue weighted by Crippen LogP contribution is -2.39. The number of para-hydroxylation sites is 1. The molecule has 0 radical (unpaired) electrons. The van der Waals surface area contributed by atoms with Gasteiger partial charge in [-0.25, -0.2) is 4.79 Å². The summed E-state index contributed by atoms with van der Waals surface area (Å²) < 4.78 is 9.87. The predicted molar refractivity (Wildman–Crippen MR) is 86.7 cm³/mol. The van der Waals surface area contributed by atoms with Gasteiger partial charge in [-0.05, 0) is 38.1 Å². The largest absolute Gasteiger partial charge is 0.464 e. The molecule has 1 aromatic heterocycles. The van der Waals surface area contributed by atoms with Crippen LogP contribution in [0.15, 0.2) is 47.1 Å². The Kier molecular flexibility index (Phi) is 5.73. The first kappa shape index (κ1) is 17.3. The molecule has 7 heteroatoms. The summed E-state index contributed by atoms with van der Waals surface area (Å²) in [6.45, 7) is 3.45. The van der Waals surface area contributed by atoms with E-state index in [9.17, 15) is 14.4 Å². The van der Waals surface area contributed by atoms with E-state index in [4.69, 9.17) is 9.15 Å². The van der Waals surface area contributed by atoms with Crippen LogP contribution in [0, 0.1) is 0 Å². The predicted octanol–water partition coefficient (Wildman–Crippen LogP) is 2.21. The second-order valence-electron chi connectivity index (χ2n) is 4.92. The molecule has 2 N–H and O–H groups in total. The minimum absolute atomic E-state index is 0.130. The van der Waals surface area contributed by atoms with E-state index in [0.29, 0.717) is 5.69 Å². The van der Waals surface area contributed by atoms with Crippen molar-refractivity contribution in [1.82, 2.24) is 5.32 Å². The van der Waals surface area contributed by atoms with Gasteiger partial charge >= 0.3 is 5.97 Å². The molecule has 1 atom stereocenters. The summed E-state index contributed by atoms with van der Waals surface area (Å²) in [4.78, 5) is 36.0. The topological polar surface area (TPSA) is 97.6 Å². The number of furan rings is 1. The summed E-state index contributed by atoms with van der Waals surface area (Å²) in [6.07, 6.45) is 1.38. The van der Waals surface area contributed by atoms with Gasteiger partial charge in [-0.3, -0.25) is 9.59 Å². The Bertz CT molecular complexity index is 724. The van der Waals surface area contributed by atoms with Crippen molar-refractivity contribution in [3.8, 4) is 0 Å². The highest BCUT2D eigenvalue weighted by Gasteiger charge is 2.20. The first-order chi connectivity index (χ1) is 11.5. The standard InChI is InChI=1S/C17H18N2O5/c1-3-23-17(22)11(2)18-15(20)12-7-4-5-8-13(12)19-16(21)14-9-6-10-24-14/h4-11H,3H2,1-2H3,(H,18,20)(H,19,21)/t11-/m1/s1. The van der Waals surface area contributed by atoms with Gasteiger partial charge in [0.15, 0.2) is 5.76 Å². The fourth-order valence-electron chi connectivity index (χ4n) is 1.98. The van der Waals surface area contributed by atoms with Crippen LogP contribution < -0.4 is 10.6 Å². The number of rotatable bonds is 6. The SMILES string of the molecule is CCOC(=O)[C@@H](C)NC(=O)c1ccccc1NC(=O)c1ccco1. The lowest BCUT2D eigenvalue weighted by atomic mass is 10.1. The quantitative estimate of drug-likeness (QED) is 0.791. The molecule has 0 aliphatic carbocycles. The van der Waals surface area contributed by atoms with E-state index in [2.05, 4.69) is 10.6 Å². The molecule has 2 rings (SSSR count). The fraction of sp³-hybridized carbons (Fsp3) is 0.235. The Balaban J connectivity index is 2.11. The van der Waals surface area contributed by atoms with Gasteiger partial charge < -0.3 is 19.8 Å². The Hall–Kier alpha value is -3.09. The van der Waals surface area contributed by atoms with E-state index >= 15 is 0 Å². The van der Waals surface area contributed by atoms with Crippen LogP contribution in [0.4, 0.5) is 5.69 Å². The van der Waals surface area contributed by atoms with Crippen LogP contribution in [0.1, 0.15) is 34.8 Å². The average molecular weight is 330 g/mol. The number of carbonyl (C=O) groups is 3. The van der Waals surface area contributed by atoms with Gasteiger partial charge in [0.05, 0.1) is 24.1 Å².